The van der Waals surface area contributed by atoms with Crippen molar-refractivity contribution in [3.63, 3.8) is 0 Å². The van der Waals surface area contributed by atoms with Crippen molar-refractivity contribution in [1.29, 1.82) is 0 Å². The second kappa shape index (κ2) is 8.62. The summed E-state index contributed by atoms with van der Waals surface area (Å²) < 4.78 is 10.6. The molecule has 0 saturated heterocycles. The summed E-state index contributed by atoms with van der Waals surface area (Å²) in [4.78, 5) is 12.0. The zero-order valence-corrected chi connectivity index (χ0v) is 15.8. The number of methoxy groups -OCH3 is 1. The van der Waals surface area contributed by atoms with Crippen LogP contribution in [0.1, 0.15) is 26.3 Å². The Balaban J connectivity index is 0.00000312. The van der Waals surface area contributed by atoms with Crippen LogP contribution in [-0.2, 0) is 10.2 Å². The van der Waals surface area contributed by atoms with E-state index in [9.17, 15) is 4.79 Å². The smallest absolute Gasteiger partial charge is 0.262 e. The van der Waals surface area contributed by atoms with Crippen molar-refractivity contribution in [2.24, 2.45) is 0 Å². The quantitative estimate of drug-likeness (QED) is 0.786. The summed E-state index contributed by atoms with van der Waals surface area (Å²) in [6.45, 7) is 6.35. The lowest BCUT2D eigenvalue weighted by atomic mass is 9.87. The third kappa shape index (κ3) is 5.87. The third-order valence-electron chi connectivity index (χ3n) is 3.62. The first-order valence-electron chi connectivity index (χ1n) is 7.76. The molecule has 0 aromatic heterocycles. The van der Waals surface area contributed by atoms with Crippen molar-refractivity contribution in [1.82, 2.24) is 0 Å². The molecule has 6 heteroatoms. The molecular formula is C19H25ClN2O3. The SMILES string of the molecule is COc1ccc(N)c(NC(=O)COc2ccc(C(C)(C)C)cc2)c1.Cl. The number of hydrogen-bond acceptors (Lipinski definition) is 4. The largest absolute Gasteiger partial charge is 0.497 e. The first kappa shape index (κ1) is 20.6. The van der Waals surface area contributed by atoms with Crippen LogP contribution in [-0.4, -0.2) is 19.6 Å². The Morgan fingerprint density at radius 2 is 1.68 bits per heavy atom. The number of nitrogens with two attached hydrogens (primary N) is 1. The van der Waals surface area contributed by atoms with Crippen LogP contribution < -0.4 is 20.5 Å². The van der Waals surface area contributed by atoms with Gasteiger partial charge < -0.3 is 20.5 Å². The summed E-state index contributed by atoms with van der Waals surface area (Å²) in [6, 6.07) is 12.8. The summed E-state index contributed by atoms with van der Waals surface area (Å²) in [5.41, 5.74) is 8.12. The summed E-state index contributed by atoms with van der Waals surface area (Å²) in [7, 11) is 1.56. The van der Waals surface area contributed by atoms with Gasteiger partial charge in [0.15, 0.2) is 6.61 Å². The number of nitrogen functional groups attached to an aromatic ring is 1. The molecule has 0 spiro atoms. The number of carbonyl (C=O) groups is 1. The molecule has 0 aliphatic rings. The van der Waals surface area contributed by atoms with E-state index in [1.807, 2.05) is 24.3 Å². The second-order valence-electron chi connectivity index (χ2n) is 6.56. The maximum Gasteiger partial charge on any atom is 0.262 e. The van der Waals surface area contributed by atoms with Crippen LogP contribution >= 0.6 is 12.4 Å². The predicted octanol–water partition coefficient (Wildman–Crippen LogP) is 4.01. The molecule has 0 fully saturated rings. The average molecular weight is 365 g/mol. The summed E-state index contributed by atoms with van der Waals surface area (Å²) in [5, 5.41) is 2.72. The highest BCUT2D eigenvalue weighted by molar-refractivity contribution is 5.95. The van der Waals surface area contributed by atoms with Gasteiger partial charge in [-0.1, -0.05) is 32.9 Å². The number of ether oxygens (including phenoxy) is 2. The first-order valence-corrected chi connectivity index (χ1v) is 7.76. The van der Waals surface area contributed by atoms with Gasteiger partial charge in [-0.2, -0.15) is 0 Å². The van der Waals surface area contributed by atoms with Crippen LogP contribution in [0.5, 0.6) is 11.5 Å². The fourth-order valence-electron chi connectivity index (χ4n) is 2.16. The highest BCUT2D eigenvalue weighted by Gasteiger charge is 2.13. The molecule has 2 aromatic carbocycles. The van der Waals surface area contributed by atoms with Gasteiger partial charge in [-0.15, -0.1) is 12.4 Å². The Labute approximate surface area is 154 Å². The van der Waals surface area contributed by atoms with E-state index in [0.717, 1.165) is 0 Å². The van der Waals surface area contributed by atoms with Crippen LogP contribution in [0.3, 0.4) is 0 Å². The normalized spacial score (nSPS) is 10.6. The average Bonchev–Trinajstić information content (AvgIpc) is 2.54. The van der Waals surface area contributed by atoms with Crippen LogP contribution in [0.15, 0.2) is 42.5 Å². The second-order valence-corrected chi connectivity index (χ2v) is 6.56. The minimum Gasteiger partial charge on any atom is -0.497 e. The third-order valence-corrected chi connectivity index (χ3v) is 3.62. The zero-order valence-electron chi connectivity index (χ0n) is 15.0. The molecule has 0 aliphatic heterocycles. The minimum atomic E-state index is -0.283. The number of nitrogens with one attached hydrogen (secondary N) is 1. The molecule has 0 bridgehead atoms. The fraction of sp³-hybridized carbons (Fsp3) is 0.316. The van der Waals surface area contributed by atoms with E-state index in [0.29, 0.717) is 22.9 Å². The van der Waals surface area contributed by atoms with Crippen molar-refractivity contribution in [3.8, 4) is 11.5 Å². The Morgan fingerprint density at radius 1 is 1.08 bits per heavy atom. The molecule has 0 unspecified atom stereocenters. The van der Waals surface area contributed by atoms with Crippen molar-refractivity contribution in [2.45, 2.75) is 26.2 Å². The molecule has 136 valence electrons. The van der Waals surface area contributed by atoms with Crippen molar-refractivity contribution >= 4 is 29.7 Å². The molecule has 0 heterocycles. The molecule has 0 atom stereocenters. The van der Waals surface area contributed by atoms with E-state index >= 15 is 0 Å². The van der Waals surface area contributed by atoms with Gasteiger partial charge in [-0.3, -0.25) is 4.79 Å². The zero-order chi connectivity index (χ0) is 17.7. The predicted molar refractivity (Wildman–Crippen MR) is 104 cm³/mol. The maximum absolute atomic E-state index is 12.0. The van der Waals surface area contributed by atoms with E-state index in [2.05, 4.69) is 26.1 Å². The Bertz CT molecular complexity index is 710. The van der Waals surface area contributed by atoms with E-state index in [4.69, 9.17) is 15.2 Å². The molecule has 0 radical (unpaired) electrons. The van der Waals surface area contributed by atoms with Gasteiger partial charge in [-0.25, -0.2) is 0 Å². The molecule has 2 rings (SSSR count). The van der Waals surface area contributed by atoms with Gasteiger partial charge in [0.25, 0.3) is 5.91 Å². The molecule has 25 heavy (non-hydrogen) atoms. The molecule has 0 aliphatic carbocycles. The standard InChI is InChI=1S/C19H24N2O3.ClH/c1-19(2,3)13-5-7-14(8-6-13)24-12-18(22)21-17-11-15(23-4)9-10-16(17)20;/h5-11H,12,20H2,1-4H3,(H,21,22);1H. The number of anilines is 2. The van der Waals surface area contributed by atoms with E-state index in [1.54, 1.807) is 25.3 Å². The highest BCUT2D eigenvalue weighted by atomic mass is 35.5. The van der Waals surface area contributed by atoms with Gasteiger partial charge in [0.2, 0.25) is 0 Å². The van der Waals surface area contributed by atoms with E-state index in [1.165, 1.54) is 5.56 Å². The van der Waals surface area contributed by atoms with Crippen molar-refractivity contribution in [3.05, 3.63) is 48.0 Å². The topological polar surface area (TPSA) is 73.6 Å². The van der Waals surface area contributed by atoms with Gasteiger partial charge in [-0.05, 0) is 35.2 Å². The molecule has 0 saturated carbocycles. The van der Waals surface area contributed by atoms with Gasteiger partial charge in [0, 0.05) is 6.07 Å². The summed E-state index contributed by atoms with van der Waals surface area (Å²) in [5.74, 6) is 0.991. The monoisotopic (exact) mass is 364 g/mol. The number of benzene rings is 2. The Kier molecular flexibility index (Phi) is 7.12. The van der Waals surface area contributed by atoms with Crippen LogP contribution in [0, 0.1) is 0 Å². The first-order chi connectivity index (χ1) is 11.3. The van der Waals surface area contributed by atoms with Gasteiger partial charge >= 0.3 is 0 Å². The fourth-order valence-corrected chi connectivity index (χ4v) is 2.16. The lowest BCUT2D eigenvalue weighted by Gasteiger charge is -2.19. The summed E-state index contributed by atoms with van der Waals surface area (Å²) >= 11 is 0. The van der Waals surface area contributed by atoms with Gasteiger partial charge in [0.05, 0.1) is 18.5 Å². The number of rotatable bonds is 5. The van der Waals surface area contributed by atoms with E-state index in [-0.39, 0.29) is 30.3 Å². The summed E-state index contributed by atoms with van der Waals surface area (Å²) in [6.07, 6.45) is 0. The van der Waals surface area contributed by atoms with Gasteiger partial charge in [0.1, 0.15) is 11.5 Å². The number of amides is 1. The lowest BCUT2D eigenvalue weighted by molar-refractivity contribution is -0.118. The number of halogens is 1. The van der Waals surface area contributed by atoms with Crippen LogP contribution in [0.2, 0.25) is 0 Å². The van der Waals surface area contributed by atoms with Crippen molar-refractivity contribution < 1.29 is 14.3 Å². The lowest BCUT2D eigenvalue weighted by Crippen LogP contribution is -2.21. The number of carbonyl (C=O) groups excluding carboxylic acids is 1. The molecule has 2 aromatic rings. The minimum absolute atomic E-state index is 0. The highest BCUT2D eigenvalue weighted by Crippen LogP contribution is 2.25. The molecule has 5 nitrogen and oxygen atoms in total. The molecule has 1 amide bonds. The molecule has 3 N–H and O–H groups in total. The van der Waals surface area contributed by atoms with Crippen LogP contribution in [0.25, 0.3) is 0 Å². The Morgan fingerprint density at radius 3 is 2.24 bits per heavy atom. The van der Waals surface area contributed by atoms with Crippen molar-refractivity contribution in [2.75, 3.05) is 24.8 Å². The van der Waals surface area contributed by atoms with E-state index < -0.39 is 0 Å². The Hall–Kier alpha value is -2.40. The maximum atomic E-state index is 12.0. The molecular weight excluding hydrogens is 340 g/mol. The number of hydrogen-bond donors (Lipinski definition) is 2. The van der Waals surface area contributed by atoms with Crippen LogP contribution in [0.4, 0.5) is 11.4 Å².